The molecule has 2 nitrogen and oxygen atoms in total. The fourth-order valence-electron chi connectivity index (χ4n) is 3.59. The Morgan fingerprint density at radius 3 is 2.57 bits per heavy atom. The molecule has 1 aliphatic rings. The molecule has 0 spiro atoms. The molecule has 2 rings (SSSR count). The van der Waals surface area contributed by atoms with Crippen LogP contribution < -0.4 is 5.32 Å². The molecule has 1 aliphatic carbocycles. The van der Waals surface area contributed by atoms with Crippen LogP contribution in [-0.4, -0.2) is 23.8 Å². The topological polar surface area (TPSA) is 32.3 Å². The van der Waals surface area contributed by atoms with E-state index in [1.54, 1.807) is 12.1 Å². The molecule has 1 fully saturated rings. The van der Waals surface area contributed by atoms with Crippen LogP contribution in [0, 0.1) is 11.2 Å². The second kappa shape index (κ2) is 6.89. The Kier molecular flexibility index (Phi) is 5.39. The Balaban J connectivity index is 1.94. The van der Waals surface area contributed by atoms with Gasteiger partial charge in [0.15, 0.2) is 0 Å². The molecule has 21 heavy (non-hydrogen) atoms. The minimum Gasteiger partial charge on any atom is -0.393 e. The zero-order valence-corrected chi connectivity index (χ0v) is 13.4. The van der Waals surface area contributed by atoms with E-state index in [-0.39, 0.29) is 17.3 Å². The largest absolute Gasteiger partial charge is 0.393 e. The molecule has 3 atom stereocenters. The van der Waals surface area contributed by atoms with Gasteiger partial charge in [0.2, 0.25) is 0 Å². The summed E-state index contributed by atoms with van der Waals surface area (Å²) < 4.78 is 13.1. The maximum Gasteiger partial charge on any atom is 0.123 e. The number of nitrogens with one attached hydrogen (secondary N) is 1. The number of hydrogen-bond acceptors (Lipinski definition) is 2. The van der Waals surface area contributed by atoms with E-state index in [2.05, 4.69) is 19.2 Å². The summed E-state index contributed by atoms with van der Waals surface area (Å²) in [6.07, 6.45) is 4.09. The van der Waals surface area contributed by atoms with E-state index in [0.29, 0.717) is 12.0 Å². The van der Waals surface area contributed by atoms with Crippen molar-refractivity contribution in [3.63, 3.8) is 0 Å². The van der Waals surface area contributed by atoms with Gasteiger partial charge >= 0.3 is 0 Å². The maximum absolute atomic E-state index is 13.1. The highest BCUT2D eigenvalue weighted by Gasteiger charge is 2.30. The summed E-state index contributed by atoms with van der Waals surface area (Å²) in [7, 11) is 0. The highest BCUT2D eigenvalue weighted by atomic mass is 19.1. The highest BCUT2D eigenvalue weighted by Crippen LogP contribution is 2.35. The average molecular weight is 293 g/mol. The van der Waals surface area contributed by atoms with Crippen molar-refractivity contribution in [1.29, 1.82) is 0 Å². The third-order valence-electron chi connectivity index (χ3n) is 4.50. The van der Waals surface area contributed by atoms with E-state index in [1.165, 1.54) is 24.8 Å². The Bertz CT molecular complexity index is 441. The van der Waals surface area contributed by atoms with Gasteiger partial charge in [-0.25, -0.2) is 4.39 Å². The summed E-state index contributed by atoms with van der Waals surface area (Å²) in [5.41, 5.74) is 1.32. The van der Waals surface area contributed by atoms with Crippen LogP contribution in [0.15, 0.2) is 24.3 Å². The van der Waals surface area contributed by atoms with Gasteiger partial charge in [-0.1, -0.05) is 32.4 Å². The van der Waals surface area contributed by atoms with Gasteiger partial charge in [0.05, 0.1) is 6.10 Å². The molecular weight excluding hydrogens is 265 g/mol. The predicted octanol–water partition coefficient (Wildman–Crippen LogP) is 3.85. The predicted molar refractivity (Wildman–Crippen MR) is 84.9 cm³/mol. The second-order valence-corrected chi connectivity index (χ2v) is 7.29. The summed E-state index contributed by atoms with van der Waals surface area (Å²) in [4.78, 5) is 0. The van der Waals surface area contributed by atoms with Gasteiger partial charge in [0, 0.05) is 12.6 Å². The van der Waals surface area contributed by atoms with Crippen LogP contribution in [0.25, 0.3) is 0 Å². The van der Waals surface area contributed by atoms with Gasteiger partial charge in [-0.3, -0.25) is 0 Å². The molecular formula is C18H28FNO. The molecule has 1 aromatic rings. The first kappa shape index (κ1) is 16.4. The average Bonchev–Trinajstić information content (AvgIpc) is 2.84. The van der Waals surface area contributed by atoms with Crippen LogP contribution in [0.3, 0.4) is 0 Å². The van der Waals surface area contributed by atoms with Gasteiger partial charge in [0.25, 0.3) is 0 Å². The van der Waals surface area contributed by atoms with Crippen molar-refractivity contribution >= 4 is 0 Å². The first-order chi connectivity index (χ1) is 9.87. The third-order valence-corrected chi connectivity index (χ3v) is 4.50. The maximum atomic E-state index is 13.1. The monoisotopic (exact) mass is 293 g/mol. The van der Waals surface area contributed by atoms with Crippen molar-refractivity contribution in [3.05, 3.63) is 35.6 Å². The molecule has 1 aromatic carbocycles. The lowest BCUT2D eigenvalue weighted by Crippen LogP contribution is -2.39. The number of halogens is 1. The second-order valence-electron chi connectivity index (χ2n) is 7.29. The molecule has 3 heteroatoms. The first-order valence-corrected chi connectivity index (χ1v) is 8.04. The molecule has 0 radical (unpaired) electrons. The number of hydrogen-bond donors (Lipinski definition) is 2. The standard InChI is InChI=1S/C18H28FNO/c1-13(21)11-18(2,3)12-20-17-6-4-5-16(17)14-7-9-15(19)10-8-14/h7-10,13,16-17,20-21H,4-6,11-12H2,1-3H3. The van der Waals surface area contributed by atoms with Crippen LogP contribution in [0.5, 0.6) is 0 Å². The lowest BCUT2D eigenvalue weighted by molar-refractivity contribution is 0.126. The van der Waals surface area contributed by atoms with Gasteiger partial charge in [-0.15, -0.1) is 0 Å². The van der Waals surface area contributed by atoms with Gasteiger partial charge < -0.3 is 10.4 Å². The Morgan fingerprint density at radius 2 is 1.95 bits per heavy atom. The van der Waals surface area contributed by atoms with Crippen LogP contribution in [0.1, 0.15) is 57.9 Å². The van der Waals surface area contributed by atoms with Crippen molar-refractivity contribution in [2.45, 2.75) is 64.5 Å². The van der Waals surface area contributed by atoms with Crippen LogP contribution >= 0.6 is 0 Å². The summed E-state index contributed by atoms with van der Waals surface area (Å²) in [5.74, 6) is 0.312. The van der Waals surface area contributed by atoms with E-state index >= 15 is 0 Å². The number of aliphatic hydroxyl groups excluding tert-OH is 1. The van der Waals surface area contributed by atoms with Crippen molar-refractivity contribution in [2.24, 2.45) is 5.41 Å². The molecule has 2 N–H and O–H groups in total. The minimum atomic E-state index is -0.265. The van der Waals surface area contributed by atoms with E-state index in [4.69, 9.17) is 0 Å². The summed E-state index contributed by atoms with van der Waals surface area (Å²) in [6.45, 7) is 7.13. The quantitative estimate of drug-likeness (QED) is 0.835. The first-order valence-electron chi connectivity index (χ1n) is 8.04. The Morgan fingerprint density at radius 1 is 1.29 bits per heavy atom. The summed E-state index contributed by atoms with van der Waals surface area (Å²) in [6, 6.07) is 7.41. The van der Waals surface area contributed by atoms with Crippen molar-refractivity contribution in [3.8, 4) is 0 Å². The normalized spacial score (nSPS) is 24.2. The molecule has 0 saturated heterocycles. The van der Waals surface area contributed by atoms with Gasteiger partial charge in [-0.05, 0) is 55.2 Å². The smallest absolute Gasteiger partial charge is 0.123 e. The van der Waals surface area contributed by atoms with Crippen molar-refractivity contribution < 1.29 is 9.50 Å². The molecule has 0 amide bonds. The Hall–Kier alpha value is -0.930. The zero-order chi connectivity index (χ0) is 15.5. The fraction of sp³-hybridized carbons (Fsp3) is 0.667. The molecule has 0 aliphatic heterocycles. The van der Waals surface area contributed by atoms with Gasteiger partial charge in [0.1, 0.15) is 5.82 Å². The molecule has 0 aromatic heterocycles. The van der Waals surface area contributed by atoms with E-state index in [9.17, 15) is 9.50 Å². The summed E-state index contributed by atoms with van der Waals surface area (Å²) >= 11 is 0. The highest BCUT2D eigenvalue weighted by molar-refractivity contribution is 5.23. The minimum absolute atomic E-state index is 0.0874. The summed E-state index contributed by atoms with van der Waals surface area (Å²) in [5, 5.41) is 13.3. The van der Waals surface area contributed by atoms with Crippen LogP contribution in [0.2, 0.25) is 0 Å². The molecule has 1 saturated carbocycles. The fourth-order valence-corrected chi connectivity index (χ4v) is 3.59. The van der Waals surface area contributed by atoms with E-state index < -0.39 is 0 Å². The molecule has 0 bridgehead atoms. The van der Waals surface area contributed by atoms with Crippen molar-refractivity contribution in [1.82, 2.24) is 5.32 Å². The van der Waals surface area contributed by atoms with Crippen molar-refractivity contribution in [2.75, 3.05) is 6.54 Å². The number of benzene rings is 1. The van der Waals surface area contributed by atoms with Crippen LogP contribution in [-0.2, 0) is 0 Å². The molecule has 3 unspecified atom stereocenters. The Labute approximate surface area is 127 Å². The molecule has 0 heterocycles. The lowest BCUT2D eigenvalue weighted by Gasteiger charge is -2.30. The van der Waals surface area contributed by atoms with E-state index in [0.717, 1.165) is 13.0 Å². The zero-order valence-electron chi connectivity index (χ0n) is 13.4. The molecule has 118 valence electrons. The number of rotatable bonds is 6. The van der Waals surface area contributed by atoms with Crippen LogP contribution in [0.4, 0.5) is 4.39 Å². The van der Waals surface area contributed by atoms with Gasteiger partial charge in [-0.2, -0.15) is 0 Å². The third kappa shape index (κ3) is 4.79. The number of aliphatic hydroxyl groups is 1. The SMILES string of the molecule is CC(O)CC(C)(C)CNC1CCCC1c1ccc(F)cc1. The lowest BCUT2D eigenvalue weighted by atomic mass is 9.86. The van der Waals surface area contributed by atoms with E-state index in [1.807, 2.05) is 19.1 Å².